The Morgan fingerprint density at radius 1 is 1.28 bits per heavy atom. The van der Waals surface area contributed by atoms with Crippen molar-refractivity contribution in [1.29, 1.82) is 0 Å². The number of hydrogen-bond donors (Lipinski definition) is 1. The number of benzene rings is 1. The van der Waals surface area contributed by atoms with E-state index in [1.165, 1.54) is 0 Å². The molecule has 5 heteroatoms. The van der Waals surface area contributed by atoms with E-state index in [1.807, 2.05) is 6.92 Å². The lowest BCUT2D eigenvalue weighted by atomic mass is 10.2. The van der Waals surface area contributed by atoms with Gasteiger partial charge < -0.3 is 5.32 Å². The number of amides is 1. The van der Waals surface area contributed by atoms with Gasteiger partial charge in [0.25, 0.3) is 0 Å². The molecule has 98 valence electrons. The van der Waals surface area contributed by atoms with Crippen LogP contribution < -0.4 is 5.32 Å². The van der Waals surface area contributed by atoms with Gasteiger partial charge in [-0.05, 0) is 31.9 Å². The Hall–Kier alpha value is -1.36. The fraction of sp³-hybridized carbons (Fsp3) is 0.462. The first-order chi connectivity index (χ1) is 8.47. The second-order valence-electron chi connectivity index (χ2n) is 4.72. The summed E-state index contributed by atoms with van der Waals surface area (Å²) in [5, 5.41) is 2.78. The average Bonchev–Trinajstić information content (AvgIpc) is 3.11. The number of aryl methyl sites for hydroxylation is 1. The first kappa shape index (κ1) is 13.1. The van der Waals surface area contributed by atoms with Crippen molar-refractivity contribution in [1.82, 2.24) is 5.32 Å². The molecule has 1 fully saturated rings. The zero-order valence-electron chi connectivity index (χ0n) is 10.3. The van der Waals surface area contributed by atoms with Crippen LogP contribution in [0.25, 0.3) is 0 Å². The molecule has 1 aliphatic carbocycles. The second-order valence-corrected chi connectivity index (χ2v) is 6.83. The molecule has 0 unspecified atom stereocenters. The zero-order valence-corrected chi connectivity index (χ0v) is 11.2. The maximum Gasteiger partial charge on any atom is 0.221 e. The Kier molecular flexibility index (Phi) is 3.71. The van der Waals surface area contributed by atoms with Gasteiger partial charge in [-0.15, -0.1) is 0 Å². The standard InChI is InChI=1S/C13H17NO3S/c1-10-2-6-12(7-3-10)18(16,17)9-8-13(15)14-11-4-5-11/h2-3,6-7,11H,4-5,8-9H2,1H3,(H,14,15). The second kappa shape index (κ2) is 5.10. The Morgan fingerprint density at radius 2 is 1.89 bits per heavy atom. The molecule has 1 aromatic rings. The van der Waals surface area contributed by atoms with Crippen molar-refractivity contribution in [2.24, 2.45) is 0 Å². The maximum absolute atomic E-state index is 12.0. The van der Waals surface area contributed by atoms with Crippen molar-refractivity contribution in [2.75, 3.05) is 5.75 Å². The molecule has 1 saturated carbocycles. The molecule has 18 heavy (non-hydrogen) atoms. The molecule has 4 nitrogen and oxygen atoms in total. The Balaban J connectivity index is 1.94. The van der Waals surface area contributed by atoms with Gasteiger partial charge >= 0.3 is 0 Å². The lowest BCUT2D eigenvalue weighted by molar-refractivity contribution is -0.120. The van der Waals surface area contributed by atoms with Gasteiger partial charge in [0, 0.05) is 12.5 Å². The molecule has 0 aliphatic heterocycles. The number of nitrogens with one attached hydrogen (secondary N) is 1. The number of rotatable bonds is 5. The number of hydrogen-bond acceptors (Lipinski definition) is 3. The molecule has 0 bridgehead atoms. The Bertz CT molecular complexity index is 530. The van der Waals surface area contributed by atoms with E-state index < -0.39 is 9.84 Å². The zero-order chi connectivity index (χ0) is 13.2. The van der Waals surface area contributed by atoms with Crippen molar-refractivity contribution in [3.63, 3.8) is 0 Å². The molecule has 0 aromatic heterocycles. The van der Waals surface area contributed by atoms with Gasteiger partial charge in [0.15, 0.2) is 9.84 Å². The van der Waals surface area contributed by atoms with Gasteiger partial charge in [-0.3, -0.25) is 4.79 Å². The summed E-state index contributed by atoms with van der Waals surface area (Å²) in [4.78, 5) is 11.7. The van der Waals surface area contributed by atoms with E-state index in [0.29, 0.717) is 0 Å². The number of sulfone groups is 1. The SMILES string of the molecule is Cc1ccc(S(=O)(=O)CCC(=O)NC2CC2)cc1. The Labute approximate surface area is 107 Å². The van der Waals surface area contributed by atoms with Crippen LogP contribution in [0.4, 0.5) is 0 Å². The van der Waals surface area contributed by atoms with Crippen molar-refractivity contribution >= 4 is 15.7 Å². The summed E-state index contributed by atoms with van der Waals surface area (Å²) < 4.78 is 23.9. The third-order valence-electron chi connectivity index (χ3n) is 2.92. The molecule has 1 aliphatic rings. The molecule has 0 spiro atoms. The monoisotopic (exact) mass is 267 g/mol. The summed E-state index contributed by atoms with van der Waals surface area (Å²) in [6.45, 7) is 1.90. The smallest absolute Gasteiger partial charge is 0.221 e. The van der Waals surface area contributed by atoms with Crippen LogP contribution in [0.1, 0.15) is 24.8 Å². The minimum atomic E-state index is -3.35. The number of carbonyl (C=O) groups is 1. The molecule has 2 rings (SSSR count). The summed E-state index contributed by atoms with van der Waals surface area (Å²) in [7, 11) is -3.35. The third-order valence-corrected chi connectivity index (χ3v) is 4.65. The normalized spacial score (nSPS) is 15.4. The van der Waals surface area contributed by atoms with Gasteiger partial charge in [-0.25, -0.2) is 8.42 Å². The Morgan fingerprint density at radius 3 is 2.44 bits per heavy atom. The van der Waals surface area contributed by atoms with E-state index in [4.69, 9.17) is 0 Å². The molecular weight excluding hydrogens is 250 g/mol. The van der Waals surface area contributed by atoms with Crippen LogP contribution in [0.3, 0.4) is 0 Å². The molecule has 0 heterocycles. The highest BCUT2D eigenvalue weighted by Gasteiger charge is 2.24. The fourth-order valence-corrected chi connectivity index (χ4v) is 2.86. The predicted molar refractivity (Wildman–Crippen MR) is 69.0 cm³/mol. The van der Waals surface area contributed by atoms with E-state index in [0.717, 1.165) is 18.4 Å². The summed E-state index contributed by atoms with van der Waals surface area (Å²) in [6, 6.07) is 6.97. The van der Waals surface area contributed by atoms with Crippen LogP contribution in [0.2, 0.25) is 0 Å². The van der Waals surface area contributed by atoms with Gasteiger partial charge in [0.2, 0.25) is 5.91 Å². The first-order valence-corrected chi connectivity index (χ1v) is 7.71. The van der Waals surface area contributed by atoms with Gasteiger partial charge in [0.05, 0.1) is 10.6 Å². The van der Waals surface area contributed by atoms with E-state index in [9.17, 15) is 13.2 Å². The minimum absolute atomic E-state index is 0.0344. The lowest BCUT2D eigenvalue weighted by Gasteiger charge is -2.05. The van der Waals surface area contributed by atoms with E-state index >= 15 is 0 Å². The van der Waals surface area contributed by atoms with Gasteiger partial charge in [-0.2, -0.15) is 0 Å². The van der Waals surface area contributed by atoms with E-state index in [-0.39, 0.29) is 29.0 Å². The van der Waals surface area contributed by atoms with Crippen LogP contribution in [0.5, 0.6) is 0 Å². The van der Waals surface area contributed by atoms with Gasteiger partial charge in [-0.1, -0.05) is 17.7 Å². The van der Waals surface area contributed by atoms with Crippen molar-refractivity contribution in [2.45, 2.75) is 37.1 Å². The highest BCUT2D eigenvalue weighted by atomic mass is 32.2. The van der Waals surface area contributed by atoms with Crippen LogP contribution in [0.15, 0.2) is 29.2 Å². The summed E-state index contributed by atoms with van der Waals surface area (Å²) >= 11 is 0. The van der Waals surface area contributed by atoms with E-state index in [1.54, 1.807) is 24.3 Å². The molecular formula is C13H17NO3S. The molecule has 0 atom stereocenters. The lowest BCUT2D eigenvalue weighted by Crippen LogP contribution is -2.27. The molecule has 0 radical (unpaired) electrons. The fourth-order valence-electron chi connectivity index (χ4n) is 1.62. The molecule has 0 saturated heterocycles. The maximum atomic E-state index is 12.0. The van der Waals surface area contributed by atoms with Crippen molar-refractivity contribution in [3.8, 4) is 0 Å². The quantitative estimate of drug-likeness (QED) is 0.878. The third kappa shape index (κ3) is 3.57. The molecule has 1 aromatic carbocycles. The summed E-state index contributed by atoms with van der Waals surface area (Å²) in [6.07, 6.45) is 2.06. The van der Waals surface area contributed by atoms with Crippen molar-refractivity contribution < 1.29 is 13.2 Å². The van der Waals surface area contributed by atoms with Crippen LogP contribution in [-0.2, 0) is 14.6 Å². The summed E-state index contributed by atoms with van der Waals surface area (Å²) in [5.74, 6) is -0.303. The van der Waals surface area contributed by atoms with Crippen LogP contribution in [0, 0.1) is 6.92 Å². The molecule has 1 amide bonds. The topological polar surface area (TPSA) is 63.2 Å². The predicted octanol–water partition coefficient (Wildman–Crippen LogP) is 1.44. The highest BCUT2D eigenvalue weighted by molar-refractivity contribution is 7.91. The first-order valence-electron chi connectivity index (χ1n) is 6.06. The van der Waals surface area contributed by atoms with E-state index in [2.05, 4.69) is 5.32 Å². The summed E-state index contributed by atoms with van der Waals surface area (Å²) in [5.41, 5.74) is 1.01. The van der Waals surface area contributed by atoms with Crippen LogP contribution >= 0.6 is 0 Å². The van der Waals surface area contributed by atoms with Gasteiger partial charge in [0.1, 0.15) is 0 Å². The highest BCUT2D eigenvalue weighted by Crippen LogP contribution is 2.19. The molecule has 1 N–H and O–H groups in total. The minimum Gasteiger partial charge on any atom is -0.353 e. The number of carbonyl (C=O) groups excluding carboxylic acids is 1. The largest absolute Gasteiger partial charge is 0.353 e. The van der Waals surface area contributed by atoms with Crippen LogP contribution in [-0.4, -0.2) is 26.1 Å². The average molecular weight is 267 g/mol. The van der Waals surface area contributed by atoms with Crippen molar-refractivity contribution in [3.05, 3.63) is 29.8 Å².